The van der Waals surface area contributed by atoms with Crippen molar-refractivity contribution in [2.24, 2.45) is 11.8 Å². The van der Waals surface area contributed by atoms with Crippen molar-refractivity contribution in [1.29, 1.82) is 0 Å². The number of amides is 1. The largest absolute Gasteiger partial charge is 0.349 e. The van der Waals surface area contributed by atoms with Crippen LogP contribution in [0.4, 0.5) is 0 Å². The van der Waals surface area contributed by atoms with E-state index in [0.717, 1.165) is 18.4 Å². The van der Waals surface area contributed by atoms with E-state index in [1.54, 1.807) is 0 Å². The monoisotopic (exact) mass is 321 g/mol. The van der Waals surface area contributed by atoms with Gasteiger partial charge in [0.2, 0.25) is 5.91 Å². The third-order valence-corrected chi connectivity index (χ3v) is 6.70. The van der Waals surface area contributed by atoms with E-state index in [1.165, 1.54) is 12.8 Å². The molecule has 3 rings (SSSR count). The van der Waals surface area contributed by atoms with Gasteiger partial charge in [-0.1, -0.05) is 43.2 Å². The summed E-state index contributed by atoms with van der Waals surface area (Å²) in [5.74, 6) is 0.138. The molecule has 2 fully saturated rings. The lowest BCUT2D eigenvalue weighted by molar-refractivity contribution is -0.125. The minimum absolute atomic E-state index is 0.00497. The Balaban J connectivity index is 1.74. The average molecular weight is 321 g/mol. The fourth-order valence-electron chi connectivity index (χ4n) is 3.70. The van der Waals surface area contributed by atoms with Crippen LogP contribution in [0, 0.1) is 11.8 Å². The van der Waals surface area contributed by atoms with Crippen LogP contribution < -0.4 is 5.32 Å². The third kappa shape index (κ3) is 3.51. The maximum Gasteiger partial charge on any atom is 0.224 e. The van der Waals surface area contributed by atoms with Gasteiger partial charge < -0.3 is 5.32 Å². The summed E-state index contributed by atoms with van der Waals surface area (Å²) in [4.78, 5) is 12.5. The van der Waals surface area contributed by atoms with Gasteiger partial charge in [-0.25, -0.2) is 8.42 Å². The second-order valence-electron chi connectivity index (χ2n) is 6.54. The lowest BCUT2D eigenvalue weighted by Gasteiger charge is -2.26. The van der Waals surface area contributed by atoms with Gasteiger partial charge in [-0.3, -0.25) is 4.79 Å². The molecule has 2 atom stereocenters. The van der Waals surface area contributed by atoms with Crippen molar-refractivity contribution >= 4 is 15.7 Å². The predicted octanol–water partition coefficient (Wildman–Crippen LogP) is 2.47. The van der Waals surface area contributed by atoms with E-state index < -0.39 is 9.84 Å². The van der Waals surface area contributed by atoms with Crippen LogP contribution in [0.3, 0.4) is 0 Å². The molecule has 0 spiro atoms. The Labute approximate surface area is 132 Å². The number of nitrogens with one attached hydrogen (secondary N) is 1. The zero-order valence-electron chi connectivity index (χ0n) is 12.7. The highest BCUT2D eigenvalue weighted by molar-refractivity contribution is 7.91. The van der Waals surface area contributed by atoms with E-state index in [1.807, 2.05) is 18.2 Å². The van der Waals surface area contributed by atoms with Crippen LogP contribution in [-0.2, 0) is 14.6 Å². The molecule has 1 saturated heterocycles. The predicted molar refractivity (Wildman–Crippen MR) is 86.0 cm³/mol. The summed E-state index contributed by atoms with van der Waals surface area (Å²) in [5.41, 5.74) is 1.13. The standard InChI is InChI=1S/C17H23NO3S/c19-17(15-10-11-22(20,21)12-15)18-16(14-8-4-5-9-14)13-6-2-1-3-7-13/h1-3,6-7,14-16H,4-5,8-12H2,(H,18,19)/t15-,16+/m0/s1. The number of sulfone groups is 1. The van der Waals surface area contributed by atoms with Crippen molar-refractivity contribution < 1.29 is 13.2 Å². The Bertz CT molecular complexity index is 621. The van der Waals surface area contributed by atoms with E-state index in [9.17, 15) is 13.2 Å². The molecule has 1 amide bonds. The zero-order chi connectivity index (χ0) is 15.6. The molecule has 1 aliphatic heterocycles. The Morgan fingerprint density at radius 3 is 2.36 bits per heavy atom. The zero-order valence-corrected chi connectivity index (χ0v) is 13.5. The maximum atomic E-state index is 12.5. The summed E-state index contributed by atoms with van der Waals surface area (Å²) in [6.45, 7) is 0. The van der Waals surface area contributed by atoms with Crippen LogP contribution in [0.25, 0.3) is 0 Å². The van der Waals surface area contributed by atoms with Crippen LogP contribution in [0.5, 0.6) is 0 Å². The highest BCUT2D eigenvalue weighted by Crippen LogP contribution is 2.36. The molecule has 5 heteroatoms. The molecule has 2 aliphatic rings. The summed E-state index contributed by atoms with van der Waals surface area (Å²) in [7, 11) is -3.02. The molecule has 0 unspecified atom stereocenters. The van der Waals surface area contributed by atoms with Gasteiger partial charge in [-0.05, 0) is 30.7 Å². The normalized spacial score (nSPS) is 25.9. The Morgan fingerprint density at radius 2 is 1.77 bits per heavy atom. The van der Waals surface area contributed by atoms with E-state index >= 15 is 0 Å². The quantitative estimate of drug-likeness (QED) is 0.926. The first-order valence-corrected chi connectivity index (χ1v) is 9.93. The molecular weight excluding hydrogens is 298 g/mol. The minimum Gasteiger partial charge on any atom is -0.349 e. The van der Waals surface area contributed by atoms with Gasteiger partial charge in [0.25, 0.3) is 0 Å². The Kier molecular flexibility index (Phi) is 4.52. The highest BCUT2D eigenvalue weighted by atomic mass is 32.2. The van der Waals surface area contributed by atoms with Crippen molar-refractivity contribution in [2.75, 3.05) is 11.5 Å². The van der Waals surface area contributed by atoms with Crippen molar-refractivity contribution in [3.05, 3.63) is 35.9 Å². The molecule has 0 bridgehead atoms. The maximum absolute atomic E-state index is 12.5. The molecule has 1 aliphatic carbocycles. The average Bonchev–Trinajstić information content (AvgIpc) is 3.15. The van der Waals surface area contributed by atoms with Crippen LogP contribution in [0.2, 0.25) is 0 Å². The van der Waals surface area contributed by atoms with Crippen LogP contribution in [0.15, 0.2) is 30.3 Å². The van der Waals surface area contributed by atoms with E-state index in [4.69, 9.17) is 0 Å². The summed E-state index contributed by atoms with van der Waals surface area (Å²) in [6.07, 6.45) is 5.13. The first kappa shape index (κ1) is 15.5. The van der Waals surface area contributed by atoms with Gasteiger partial charge in [0, 0.05) is 0 Å². The molecule has 1 aromatic carbocycles. The van der Waals surface area contributed by atoms with Gasteiger partial charge >= 0.3 is 0 Å². The van der Waals surface area contributed by atoms with E-state index in [0.29, 0.717) is 12.3 Å². The molecule has 1 N–H and O–H groups in total. The van der Waals surface area contributed by atoms with Crippen molar-refractivity contribution in [2.45, 2.75) is 38.1 Å². The second kappa shape index (κ2) is 6.41. The highest BCUT2D eigenvalue weighted by Gasteiger charge is 2.35. The van der Waals surface area contributed by atoms with Gasteiger partial charge in [0.05, 0.1) is 23.5 Å². The van der Waals surface area contributed by atoms with Crippen LogP contribution in [0.1, 0.15) is 43.7 Å². The number of hydrogen-bond acceptors (Lipinski definition) is 3. The number of carbonyl (C=O) groups is 1. The number of benzene rings is 1. The Hall–Kier alpha value is -1.36. The summed E-state index contributed by atoms with van der Waals surface area (Å²) in [5, 5.41) is 3.15. The number of rotatable bonds is 4. The summed E-state index contributed by atoms with van der Waals surface area (Å²) < 4.78 is 23.2. The molecule has 0 aromatic heterocycles. The second-order valence-corrected chi connectivity index (χ2v) is 8.77. The minimum atomic E-state index is -3.02. The van der Waals surface area contributed by atoms with E-state index in [-0.39, 0.29) is 29.4 Å². The first-order valence-electron chi connectivity index (χ1n) is 8.11. The SMILES string of the molecule is O=C(N[C@H](c1ccccc1)C1CCCC1)[C@H]1CCS(=O)(=O)C1. The molecule has 1 saturated carbocycles. The first-order chi connectivity index (χ1) is 10.6. The van der Waals surface area contributed by atoms with Crippen LogP contribution in [-0.4, -0.2) is 25.8 Å². The summed E-state index contributed by atoms with van der Waals surface area (Å²) >= 11 is 0. The molecule has 1 heterocycles. The van der Waals surface area contributed by atoms with E-state index in [2.05, 4.69) is 17.4 Å². The van der Waals surface area contributed by atoms with Gasteiger partial charge in [-0.15, -0.1) is 0 Å². The third-order valence-electron chi connectivity index (χ3n) is 4.93. The Morgan fingerprint density at radius 1 is 1.09 bits per heavy atom. The number of carbonyl (C=O) groups excluding carboxylic acids is 1. The van der Waals surface area contributed by atoms with Crippen molar-refractivity contribution in [3.8, 4) is 0 Å². The fourth-order valence-corrected chi connectivity index (χ4v) is 5.44. The molecule has 0 radical (unpaired) electrons. The molecule has 120 valence electrons. The summed E-state index contributed by atoms with van der Waals surface area (Å²) in [6, 6.07) is 10.1. The van der Waals surface area contributed by atoms with Gasteiger partial charge in [0.15, 0.2) is 9.84 Å². The number of hydrogen-bond donors (Lipinski definition) is 1. The van der Waals surface area contributed by atoms with Gasteiger partial charge in [0.1, 0.15) is 0 Å². The van der Waals surface area contributed by atoms with Crippen molar-refractivity contribution in [3.63, 3.8) is 0 Å². The molecule has 4 nitrogen and oxygen atoms in total. The molecule has 22 heavy (non-hydrogen) atoms. The smallest absolute Gasteiger partial charge is 0.224 e. The molecular formula is C17H23NO3S. The lowest BCUT2D eigenvalue weighted by atomic mass is 9.91. The van der Waals surface area contributed by atoms with Gasteiger partial charge in [-0.2, -0.15) is 0 Å². The molecule has 1 aromatic rings. The lowest BCUT2D eigenvalue weighted by Crippen LogP contribution is -2.37. The van der Waals surface area contributed by atoms with Crippen molar-refractivity contribution in [1.82, 2.24) is 5.32 Å². The fraction of sp³-hybridized carbons (Fsp3) is 0.588. The topological polar surface area (TPSA) is 63.2 Å². The van der Waals surface area contributed by atoms with Crippen LogP contribution >= 0.6 is 0 Å².